The number of likely N-dealkylation sites (N-methyl/N-ethyl adjacent to an activating group) is 1. The summed E-state index contributed by atoms with van der Waals surface area (Å²) in [6, 6.07) is 12.5. The van der Waals surface area contributed by atoms with Crippen LogP contribution >= 0.6 is 27.7 Å². The quantitative estimate of drug-likeness (QED) is 0.0854. The summed E-state index contributed by atoms with van der Waals surface area (Å²) in [6.45, 7) is 13.1. The predicted octanol–water partition coefficient (Wildman–Crippen LogP) is 8.02. The standard InChI is InChI=1S/C53H53BrN4O11S/c1-9-17-64-39-21-31-15-16-57(51(60)30-11-13-33(54)14-12-30)53(34(31)22-38(39)62-7)25-70-50-42-41(49-47(67-26-68-49)28(4)46(42)69-29(5)59)37(24-66-52(53)61)58-36(23-55)35-20-32-19-27(3)45(63-8)48(65-18-10-2)40(32)43(44(50)58)56(35)6/h9-14,19,21-22,35-37,43-44,50H,1-2,15-18,20,24-26H2,3-8H3/t35-,36-,37+,43+,44+,50+,53+/m0/s1. The lowest BCUT2D eigenvalue weighted by Crippen LogP contribution is -2.69. The molecule has 7 heterocycles. The zero-order chi connectivity index (χ0) is 49.3. The van der Waals surface area contributed by atoms with E-state index in [4.69, 9.17) is 37.9 Å². The van der Waals surface area contributed by atoms with Crippen molar-refractivity contribution in [3.8, 4) is 46.3 Å². The van der Waals surface area contributed by atoms with Gasteiger partial charge in [0.2, 0.25) is 6.79 Å². The van der Waals surface area contributed by atoms with E-state index in [2.05, 4.69) is 51.0 Å². The van der Waals surface area contributed by atoms with Gasteiger partial charge in [0.05, 0.1) is 37.6 Å². The largest absolute Gasteiger partial charge is 0.493 e. The van der Waals surface area contributed by atoms with E-state index in [0.717, 1.165) is 26.7 Å². The van der Waals surface area contributed by atoms with Gasteiger partial charge in [0.25, 0.3) is 5.91 Å². The highest BCUT2D eigenvalue weighted by Crippen LogP contribution is 2.65. The van der Waals surface area contributed by atoms with Crippen LogP contribution in [0.5, 0.6) is 40.2 Å². The van der Waals surface area contributed by atoms with Crippen LogP contribution < -0.4 is 33.2 Å². The fraction of sp³-hybridized carbons (Fsp3) is 0.396. The molecule has 7 aliphatic rings. The van der Waals surface area contributed by atoms with Gasteiger partial charge in [0, 0.05) is 63.6 Å². The lowest BCUT2D eigenvalue weighted by Gasteiger charge is -2.62. The number of ether oxygens (including phenoxy) is 8. The third-order valence-electron chi connectivity index (χ3n) is 14.7. The smallest absolute Gasteiger partial charge is 0.337 e. The number of thioether (sulfide) groups is 1. The molecule has 17 heteroatoms. The van der Waals surface area contributed by atoms with Crippen LogP contribution in [0.25, 0.3) is 0 Å². The second kappa shape index (κ2) is 18.5. The van der Waals surface area contributed by atoms with Crippen molar-refractivity contribution in [3.05, 3.63) is 122 Å². The average Bonchev–Trinajstić information content (AvgIpc) is 3.85. The molecule has 4 aromatic carbocycles. The Bertz CT molecular complexity index is 2910. The van der Waals surface area contributed by atoms with E-state index in [1.807, 2.05) is 27.0 Å². The van der Waals surface area contributed by atoms with Gasteiger partial charge in [-0.05, 0) is 92.4 Å². The SMILES string of the molecule is C=CCOc1cc2c(cc1OC)[C@@]1(CS[C@@H]3c4c(OC(C)=O)c(C)c5c(c4[C@@H](COC1=O)N1[C@@H]3[C@H]3c4c(cc(C)c(OC)c4OCC=C)C[C@@H]([C@@H]1C#N)N3C)OCO5)N(C(=O)c1ccc(Br)cc1)CC2. The zero-order valence-electron chi connectivity index (χ0n) is 39.8. The van der Waals surface area contributed by atoms with Crippen LogP contribution in [0.1, 0.15) is 79.1 Å². The minimum atomic E-state index is -1.76. The van der Waals surface area contributed by atoms with Gasteiger partial charge in [0.1, 0.15) is 31.6 Å². The van der Waals surface area contributed by atoms with Crippen LogP contribution in [0.3, 0.4) is 0 Å². The minimum Gasteiger partial charge on any atom is -0.493 e. The maximum atomic E-state index is 15.9. The van der Waals surface area contributed by atoms with Crippen molar-refractivity contribution in [3.63, 3.8) is 0 Å². The fourth-order valence-electron chi connectivity index (χ4n) is 11.8. The third-order valence-corrected chi connectivity index (χ3v) is 16.6. The monoisotopic (exact) mass is 1030 g/mol. The van der Waals surface area contributed by atoms with E-state index in [1.54, 1.807) is 54.5 Å². The Morgan fingerprint density at radius 3 is 2.39 bits per heavy atom. The lowest BCUT2D eigenvalue weighted by atomic mass is 9.71. The minimum absolute atomic E-state index is 0.0514. The number of carbonyl (C=O) groups is 3. The highest BCUT2D eigenvalue weighted by Gasteiger charge is 2.63. The first kappa shape index (κ1) is 47.5. The molecule has 2 fully saturated rings. The first-order valence-corrected chi connectivity index (χ1v) is 25.0. The molecule has 0 radical (unpaired) electrons. The summed E-state index contributed by atoms with van der Waals surface area (Å²) in [5.41, 5.74) is 4.53. The lowest BCUT2D eigenvalue weighted by molar-refractivity contribution is -0.162. The molecule has 70 heavy (non-hydrogen) atoms. The Morgan fingerprint density at radius 1 is 0.943 bits per heavy atom. The van der Waals surface area contributed by atoms with E-state index >= 15 is 9.59 Å². The molecule has 4 bridgehead atoms. The van der Waals surface area contributed by atoms with Crippen LogP contribution in [0.2, 0.25) is 0 Å². The topological polar surface area (TPSA) is 159 Å². The number of nitriles is 1. The average molecular weight is 1030 g/mol. The maximum Gasteiger partial charge on any atom is 0.337 e. The van der Waals surface area contributed by atoms with Gasteiger partial charge in [-0.2, -0.15) is 5.26 Å². The number of amides is 1. The number of esters is 2. The molecule has 0 aromatic heterocycles. The van der Waals surface area contributed by atoms with Crippen LogP contribution in [-0.4, -0.2) is 111 Å². The number of methoxy groups -OCH3 is 2. The number of carbonyl (C=O) groups excluding carboxylic acids is 3. The molecule has 2 saturated heterocycles. The molecule has 364 valence electrons. The fourth-order valence-corrected chi connectivity index (χ4v) is 13.8. The van der Waals surface area contributed by atoms with Crippen LogP contribution in [0.15, 0.2) is 72.2 Å². The molecule has 15 nitrogen and oxygen atoms in total. The number of piperazine rings is 1. The number of fused-ring (bicyclic) bond motifs is 9. The Labute approximate surface area is 419 Å². The molecule has 0 N–H and O–H groups in total. The Morgan fingerprint density at radius 2 is 1.69 bits per heavy atom. The molecule has 7 aliphatic heterocycles. The highest BCUT2D eigenvalue weighted by molar-refractivity contribution is 9.10. The van der Waals surface area contributed by atoms with Crippen molar-refractivity contribution in [2.45, 2.75) is 74.6 Å². The third kappa shape index (κ3) is 7.23. The van der Waals surface area contributed by atoms with Gasteiger partial charge in [-0.25, -0.2) is 4.79 Å². The number of halogens is 1. The van der Waals surface area contributed by atoms with Gasteiger partial charge < -0.3 is 42.8 Å². The molecule has 1 spiro atoms. The van der Waals surface area contributed by atoms with Gasteiger partial charge in [-0.3, -0.25) is 19.4 Å². The Kier molecular flexibility index (Phi) is 12.6. The normalized spacial score (nSPS) is 25.0. The predicted molar refractivity (Wildman–Crippen MR) is 263 cm³/mol. The van der Waals surface area contributed by atoms with E-state index in [1.165, 1.54) is 25.8 Å². The molecule has 0 unspecified atom stereocenters. The van der Waals surface area contributed by atoms with Crippen molar-refractivity contribution in [1.82, 2.24) is 14.7 Å². The van der Waals surface area contributed by atoms with E-state index in [-0.39, 0.29) is 50.9 Å². The second-order valence-electron chi connectivity index (χ2n) is 18.2. The Hall–Kier alpha value is -6.19. The number of nitrogens with zero attached hydrogens (tertiary/aromatic N) is 4. The number of benzene rings is 4. The first-order chi connectivity index (χ1) is 33.8. The van der Waals surface area contributed by atoms with Gasteiger partial charge in [-0.1, -0.05) is 47.3 Å². The van der Waals surface area contributed by atoms with Crippen LogP contribution in [0, 0.1) is 25.2 Å². The molecular formula is C53H53BrN4O11S. The molecule has 4 aromatic rings. The number of hydrogen-bond donors (Lipinski definition) is 0. The number of aryl methyl sites for hydroxylation is 1. The van der Waals surface area contributed by atoms with Crippen molar-refractivity contribution in [1.29, 1.82) is 5.26 Å². The van der Waals surface area contributed by atoms with Crippen molar-refractivity contribution < 1.29 is 52.3 Å². The summed E-state index contributed by atoms with van der Waals surface area (Å²) in [5, 5.41) is 10.8. The highest BCUT2D eigenvalue weighted by atomic mass is 79.9. The summed E-state index contributed by atoms with van der Waals surface area (Å²) in [6.07, 6.45) is 4.23. The van der Waals surface area contributed by atoms with Crippen LogP contribution in [-0.2, 0) is 32.7 Å². The molecule has 11 rings (SSSR count). The molecule has 0 aliphatic carbocycles. The zero-order valence-corrected chi connectivity index (χ0v) is 42.2. The molecular weight excluding hydrogens is 981 g/mol. The molecule has 7 atom stereocenters. The van der Waals surface area contributed by atoms with Crippen LogP contribution in [0.4, 0.5) is 0 Å². The summed E-state index contributed by atoms with van der Waals surface area (Å²) in [4.78, 5) is 50.6. The summed E-state index contributed by atoms with van der Waals surface area (Å²) >= 11 is 4.95. The van der Waals surface area contributed by atoms with E-state index in [9.17, 15) is 10.1 Å². The van der Waals surface area contributed by atoms with Gasteiger partial charge >= 0.3 is 11.9 Å². The van der Waals surface area contributed by atoms with Crippen molar-refractivity contribution in [2.24, 2.45) is 0 Å². The van der Waals surface area contributed by atoms with E-state index in [0.29, 0.717) is 80.9 Å². The Balaban J connectivity index is 1.27. The molecule has 1 amide bonds. The summed E-state index contributed by atoms with van der Waals surface area (Å²) < 4.78 is 51.2. The summed E-state index contributed by atoms with van der Waals surface area (Å²) in [7, 11) is 5.19. The summed E-state index contributed by atoms with van der Waals surface area (Å²) in [5.74, 6) is 1.48. The van der Waals surface area contributed by atoms with Gasteiger partial charge in [-0.15, -0.1) is 11.8 Å². The van der Waals surface area contributed by atoms with E-state index < -0.39 is 46.9 Å². The number of hydrogen-bond acceptors (Lipinski definition) is 15. The van der Waals surface area contributed by atoms with Gasteiger partial charge in [0.15, 0.2) is 40.0 Å². The molecule has 0 saturated carbocycles. The first-order valence-electron chi connectivity index (χ1n) is 23.1. The number of rotatable bonds is 10. The van der Waals surface area contributed by atoms with Crippen molar-refractivity contribution >= 4 is 45.5 Å². The second-order valence-corrected chi connectivity index (χ2v) is 20.3. The maximum absolute atomic E-state index is 15.9. The van der Waals surface area contributed by atoms with Crippen molar-refractivity contribution in [2.75, 3.05) is 60.2 Å².